The number of hydrogen-bond donors (Lipinski definition) is 0. The van der Waals surface area contributed by atoms with Crippen LogP contribution in [0.3, 0.4) is 0 Å². The van der Waals surface area contributed by atoms with Crippen LogP contribution in [0.25, 0.3) is 10.9 Å². The molecular weight excluding hydrogens is 282 g/mol. The molecule has 0 radical (unpaired) electrons. The summed E-state index contributed by atoms with van der Waals surface area (Å²) in [6, 6.07) is 5.95. The van der Waals surface area contributed by atoms with E-state index < -0.39 is 0 Å². The Labute approximate surface area is 108 Å². The summed E-state index contributed by atoms with van der Waals surface area (Å²) < 4.78 is 5.45. The van der Waals surface area contributed by atoms with E-state index in [1.54, 1.807) is 6.20 Å². The quantitative estimate of drug-likeness (QED) is 0.797. The summed E-state index contributed by atoms with van der Waals surface area (Å²) in [6.45, 7) is 2.08. The summed E-state index contributed by atoms with van der Waals surface area (Å²) in [5, 5.41) is 0.937. The highest BCUT2D eigenvalue weighted by molar-refractivity contribution is 9.10. The highest BCUT2D eigenvalue weighted by Crippen LogP contribution is 2.28. The first-order valence-corrected chi connectivity index (χ1v) is 6.12. The van der Waals surface area contributed by atoms with Crippen LogP contribution in [0, 0.1) is 0 Å². The maximum absolute atomic E-state index is 11.5. The Hall–Kier alpha value is -1.42. The Kier molecular flexibility index (Phi) is 3.43. The van der Waals surface area contributed by atoms with Crippen molar-refractivity contribution in [2.75, 3.05) is 7.11 Å². The van der Waals surface area contributed by atoms with Crippen molar-refractivity contribution in [1.82, 2.24) is 4.98 Å². The lowest BCUT2D eigenvalue weighted by Gasteiger charge is -2.08. The SMILES string of the molecule is CCc1cccc2c(Br)c(C(=O)OC)cnc12. The molecule has 0 saturated heterocycles. The molecule has 0 aliphatic heterocycles. The van der Waals surface area contributed by atoms with Crippen LogP contribution < -0.4 is 0 Å². The van der Waals surface area contributed by atoms with Gasteiger partial charge < -0.3 is 4.74 Å². The van der Waals surface area contributed by atoms with Gasteiger partial charge in [0, 0.05) is 16.1 Å². The van der Waals surface area contributed by atoms with Gasteiger partial charge in [-0.2, -0.15) is 0 Å². The molecule has 2 aromatic rings. The number of nitrogens with zero attached hydrogens (tertiary/aromatic N) is 1. The van der Waals surface area contributed by atoms with Crippen LogP contribution >= 0.6 is 15.9 Å². The Morgan fingerprint density at radius 1 is 1.47 bits per heavy atom. The molecule has 0 fully saturated rings. The zero-order valence-electron chi connectivity index (χ0n) is 9.66. The Balaban J connectivity index is 2.72. The van der Waals surface area contributed by atoms with Gasteiger partial charge in [0.2, 0.25) is 0 Å². The van der Waals surface area contributed by atoms with Crippen molar-refractivity contribution in [3.63, 3.8) is 0 Å². The molecule has 0 unspecified atom stereocenters. The number of halogens is 1. The number of aromatic nitrogens is 1. The van der Waals surface area contributed by atoms with Crippen LogP contribution in [-0.2, 0) is 11.2 Å². The fourth-order valence-corrected chi connectivity index (χ4v) is 2.37. The minimum absolute atomic E-state index is 0.381. The molecule has 3 nitrogen and oxygen atoms in total. The molecule has 0 saturated carbocycles. The molecule has 4 heteroatoms. The van der Waals surface area contributed by atoms with Gasteiger partial charge in [-0.1, -0.05) is 25.1 Å². The molecule has 1 aromatic heterocycles. The zero-order chi connectivity index (χ0) is 12.4. The smallest absolute Gasteiger partial charge is 0.340 e. The molecule has 0 N–H and O–H groups in total. The number of fused-ring (bicyclic) bond motifs is 1. The lowest BCUT2D eigenvalue weighted by atomic mass is 10.1. The van der Waals surface area contributed by atoms with Gasteiger partial charge in [-0.3, -0.25) is 4.98 Å². The van der Waals surface area contributed by atoms with Gasteiger partial charge >= 0.3 is 5.97 Å². The third kappa shape index (κ3) is 2.05. The van der Waals surface area contributed by atoms with Crippen molar-refractivity contribution in [3.05, 3.63) is 40.0 Å². The van der Waals surface area contributed by atoms with Crippen molar-refractivity contribution < 1.29 is 9.53 Å². The molecule has 0 spiro atoms. The second-order valence-corrected chi connectivity index (χ2v) is 4.44. The number of ether oxygens (including phenoxy) is 1. The number of carbonyl (C=O) groups is 1. The van der Waals surface area contributed by atoms with E-state index >= 15 is 0 Å². The molecule has 0 amide bonds. The molecular formula is C13H12BrNO2. The third-order valence-electron chi connectivity index (χ3n) is 2.70. The molecule has 0 aliphatic carbocycles. The summed E-state index contributed by atoms with van der Waals surface area (Å²) in [7, 11) is 1.36. The van der Waals surface area contributed by atoms with E-state index in [2.05, 4.69) is 27.8 Å². The number of rotatable bonds is 2. The van der Waals surface area contributed by atoms with Crippen LogP contribution in [0.15, 0.2) is 28.9 Å². The topological polar surface area (TPSA) is 39.2 Å². The first-order valence-electron chi connectivity index (χ1n) is 5.33. The number of aryl methyl sites for hydroxylation is 1. The minimum atomic E-state index is -0.381. The summed E-state index contributed by atoms with van der Waals surface area (Å²) in [5.41, 5.74) is 2.54. The number of benzene rings is 1. The maximum atomic E-state index is 11.5. The number of pyridine rings is 1. The number of methoxy groups -OCH3 is 1. The summed E-state index contributed by atoms with van der Waals surface area (Å²) in [6.07, 6.45) is 2.46. The summed E-state index contributed by atoms with van der Waals surface area (Å²) in [4.78, 5) is 15.9. The molecule has 17 heavy (non-hydrogen) atoms. The average molecular weight is 294 g/mol. The number of esters is 1. The molecule has 88 valence electrons. The fraction of sp³-hybridized carbons (Fsp3) is 0.231. The van der Waals surface area contributed by atoms with Gasteiger partial charge in [0.15, 0.2) is 0 Å². The molecule has 2 rings (SSSR count). The molecule has 0 aliphatic rings. The molecule has 1 aromatic carbocycles. The van der Waals surface area contributed by atoms with E-state index in [9.17, 15) is 4.79 Å². The molecule has 0 atom stereocenters. The highest BCUT2D eigenvalue weighted by Gasteiger charge is 2.14. The largest absolute Gasteiger partial charge is 0.465 e. The van der Waals surface area contributed by atoms with Gasteiger partial charge in [0.1, 0.15) is 0 Å². The maximum Gasteiger partial charge on any atom is 0.340 e. The van der Waals surface area contributed by atoms with E-state index in [4.69, 9.17) is 4.74 Å². The predicted octanol–water partition coefficient (Wildman–Crippen LogP) is 3.35. The highest BCUT2D eigenvalue weighted by atomic mass is 79.9. The molecule has 0 bridgehead atoms. The van der Waals surface area contributed by atoms with Gasteiger partial charge in [-0.05, 0) is 27.9 Å². The van der Waals surface area contributed by atoms with Crippen LogP contribution in [0.5, 0.6) is 0 Å². The lowest BCUT2D eigenvalue weighted by molar-refractivity contribution is 0.0599. The van der Waals surface area contributed by atoms with Gasteiger partial charge in [0.25, 0.3) is 0 Å². The van der Waals surface area contributed by atoms with E-state index in [0.29, 0.717) is 5.56 Å². The van der Waals surface area contributed by atoms with Crippen molar-refractivity contribution in [3.8, 4) is 0 Å². The Bertz CT molecular complexity index is 581. The van der Waals surface area contributed by atoms with Crippen molar-refractivity contribution in [2.24, 2.45) is 0 Å². The van der Waals surface area contributed by atoms with Crippen LogP contribution in [0.2, 0.25) is 0 Å². The van der Waals surface area contributed by atoms with E-state index in [0.717, 1.165) is 21.8 Å². The van der Waals surface area contributed by atoms with Crippen LogP contribution in [0.1, 0.15) is 22.8 Å². The third-order valence-corrected chi connectivity index (χ3v) is 3.56. The monoisotopic (exact) mass is 293 g/mol. The van der Waals surface area contributed by atoms with Crippen molar-refractivity contribution >= 4 is 32.8 Å². The number of para-hydroxylation sites is 1. The van der Waals surface area contributed by atoms with Gasteiger partial charge in [-0.25, -0.2) is 4.79 Å². The Morgan fingerprint density at radius 2 is 2.24 bits per heavy atom. The first-order chi connectivity index (χ1) is 8.19. The van der Waals surface area contributed by atoms with Crippen LogP contribution in [0.4, 0.5) is 0 Å². The van der Waals surface area contributed by atoms with E-state index in [1.807, 2.05) is 18.2 Å². The van der Waals surface area contributed by atoms with Gasteiger partial charge in [0.05, 0.1) is 18.2 Å². The molecule has 1 heterocycles. The first kappa shape index (κ1) is 12.0. The zero-order valence-corrected chi connectivity index (χ0v) is 11.2. The summed E-state index contributed by atoms with van der Waals surface area (Å²) >= 11 is 3.45. The second kappa shape index (κ2) is 4.84. The lowest BCUT2D eigenvalue weighted by Crippen LogP contribution is -2.04. The second-order valence-electron chi connectivity index (χ2n) is 3.64. The number of hydrogen-bond acceptors (Lipinski definition) is 3. The predicted molar refractivity (Wildman–Crippen MR) is 70.2 cm³/mol. The Morgan fingerprint density at radius 3 is 2.88 bits per heavy atom. The minimum Gasteiger partial charge on any atom is -0.465 e. The summed E-state index contributed by atoms with van der Waals surface area (Å²) in [5.74, 6) is -0.381. The van der Waals surface area contributed by atoms with Crippen LogP contribution in [-0.4, -0.2) is 18.1 Å². The average Bonchev–Trinajstić information content (AvgIpc) is 2.38. The van der Waals surface area contributed by atoms with Crippen molar-refractivity contribution in [2.45, 2.75) is 13.3 Å². The standard InChI is InChI=1S/C13H12BrNO2/c1-3-8-5-4-6-9-11(14)10(13(16)17-2)7-15-12(8)9/h4-7H,3H2,1-2H3. The number of carbonyl (C=O) groups excluding carboxylic acids is 1. The van der Waals surface area contributed by atoms with Gasteiger partial charge in [-0.15, -0.1) is 0 Å². The van der Waals surface area contributed by atoms with E-state index in [1.165, 1.54) is 12.7 Å². The normalized spacial score (nSPS) is 10.5. The van der Waals surface area contributed by atoms with Crippen molar-refractivity contribution in [1.29, 1.82) is 0 Å². The van der Waals surface area contributed by atoms with E-state index in [-0.39, 0.29) is 5.97 Å². The fourth-order valence-electron chi connectivity index (χ4n) is 1.79.